The summed E-state index contributed by atoms with van der Waals surface area (Å²) in [6, 6.07) is 0. The molecule has 0 fully saturated rings. The topological polar surface area (TPSA) is 51.8 Å². The van der Waals surface area contributed by atoms with Crippen molar-refractivity contribution >= 4 is 5.95 Å². The SMILES string of the molecule is CCc1c(C)nc(N)nc1F. The summed E-state index contributed by atoms with van der Waals surface area (Å²) in [5.41, 5.74) is 6.38. The number of nitrogens with two attached hydrogens (primary N) is 1. The molecule has 0 bridgehead atoms. The minimum Gasteiger partial charge on any atom is -0.368 e. The minimum absolute atomic E-state index is 0.00259. The van der Waals surface area contributed by atoms with E-state index >= 15 is 0 Å². The van der Waals surface area contributed by atoms with Crippen molar-refractivity contribution < 1.29 is 4.39 Å². The van der Waals surface area contributed by atoms with Crippen molar-refractivity contribution in [2.45, 2.75) is 20.3 Å². The van der Waals surface area contributed by atoms with E-state index < -0.39 is 5.95 Å². The summed E-state index contributed by atoms with van der Waals surface area (Å²) in [5, 5.41) is 0. The molecule has 0 aliphatic carbocycles. The third-order valence-corrected chi connectivity index (χ3v) is 1.53. The molecular weight excluding hydrogens is 145 g/mol. The summed E-state index contributed by atoms with van der Waals surface area (Å²) in [6.45, 7) is 3.57. The Balaban J connectivity index is 3.25. The summed E-state index contributed by atoms with van der Waals surface area (Å²) >= 11 is 0. The van der Waals surface area contributed by atoms with Crippen LogP contribution in [0.2, 0.25) is 0 Å². The molecule has 0 aromatic carbocycles. The van der Waals surface area contributed by atoms with Gasteiger partial charge in [-0.25, -0.2) is 4.98 Å². The summed E-state index contributed by atoms with van der Waals surface area (Å²) in [5.74, 6) is -0.505. The van der Waals surface area contributed by atoms with Gasteiger partial charge < -0.3 is 5.73 Å². The zero-order valence-electron chi connectivity index (χ0n) is 6.56. The molecule has 2 N–H and O–H groups in total. The second-order valence-corrected chi connectivity index (χ2v) is 2.29. The van der Waals surface area contributed by atoms with Crippen LogP contribution in [-0.4, -0.2) is 9.97 Å². The van der Waals surface area contributed by atoms with E-state index in [0.29, 0.717) is 17.7 Å². The molecule has 0 saturated carbocycles. The zero-order valence-corrected chi connectivity index (χ0v) is 6.56. The predicted molar refractivity (Wildman–Crippen MR) is 40.5 cm³/mol. The van der Waals surface area contributed by atoms with Gasteiger partial charge in [-0.3, -0.25) is 0 Å². The molecule has 0 aliphatic heterocycles. The van der Waals surface area contributed by atoms with Gasteiger partial charge in [0.25, 0.3) is 0 Å². The molecule has 1 heterocycles. The fraction of sp³-hybridized carbons (Fsp3) is 0.429. The molecular formula is C7H10FN3. The van der Waals surface area contributed by atoms with Crippen molar-refractivity contribution in [3.8, 4) is 0 Å². The number of halogens is 1. The van der Waals surface area contributed by atoms with Crippen molar-refractivity contribution in [1.29, 1.82) is 0 Å². The van der Waals surface area contributed by atoms with Crippen LogP contribution >= 0.6 is 0 Å². The molecule has 0 saturated heterocycles. The van der Waals surface area contributed by atoms with E-state index in [2.05, 4.69) is 9.97 Å². The molecule has 11 heavy (non-hydrogen) atoms. The molecule has 0 unspecified atom stereocenters. The lowest BCUT2D eigenvalue weighted by Crippen LogP contribution is -2.04. The van der Waals surface area contributed by atoms with Gasteiger partial charge in [-0.1, -0.05) is 6.92 Å². The highest BCUT2D eigenvalue weighted by Gasteiger charge is 2.06. The lowest BCUT2D eigenvalue weighted by atomic mass is 10.2. The Morgan fingerprint density at radius 3 is 2.55 bits per heavy atom. The van der Waals surface area contributed by atoms with Crippen molar-refractivity contribution in [2.24, 2.45) is 0 Å². The van der Waals surface area contributed by atoms with E-state index in [4.69, 9.17) is 5.73 Å². The fourth-order valence-electron chi connectivity index (χ4n) is 0.983. The van der Waals surface area contributed by atoms with Gasteiger partial charge in [0.1, 0.15) is 0 Å². The largest absolute Gasteiger partial charge is 0.368 e. The van der Waals surface area contributed by atoms with Crippen molar-refractivity contribution in [3.05, 3.63) is 17.2 Å². The van der Waals surface area contributed by atoms with Gasteiger partial charge in [0, 0.05) is 11.3 Å². The van der Waals surface area contributed by atoms with Crippen LogP contribution in [0, 0.1) is 12.9 Å². The second kappa shape index (κ2) is 2.82. The standard InChI is InChI=1S/C7H10FN3/c1-3-5-4(2)10-7(9)11-6(5)8/h3H2,1-2H3,(H2,9,10,11). The highest BCUT2D eigenvalue weighted by atomic mass is 19.1. The van der Waals surface area contributed by atoms with Gasteiger partial charge in [-0.05, 0) is 13.3 Å². The Hall–Kier alpha value is -1.19. The molecule has 60 valence electrons. The molecule has 0 radical (unpaired) electrons. The normalized spacial score (nSPS) is 10.1. The maximum absolute atomic E-state index is 12.9. The minimum atomic E-state index is -0.502. The number of hydrogen-bond acceptors (Lipinski definition) is 3. The average Bonchev–Trinajstić information content (AvgIpc) is 1.85. The molecule has 4 heteroatoms. The summed E-state index contributed by atoms with van der Waals surface area (Å²) in [6.07, 6.45) is 0.595. The van der Waals surface area contributed by atoms with Crippen molar-refractivity contribution in [2.75, 3.05) is 5.73 Å². The second-order valence-electron chi connectivity index (χ2n) is 2.29. The van der Waals surface area contributed by atoms with Gasteiger partial charge in [0.2, 0.25) is 11.9 Å². The molecule has 3 nitrogen and oxygen atoms in total. The Morgan fingerprint density at radius 1 is 1.45 bits per heavy atom. The first-order valence-electron chi connectivity index (χ1n) is 3.43. The first-order chi connectivity index (χ1) is 5.15. The van der Waals surface area contributed by atoms with Crippen molar-refractivity contribution in [1.82, 2.24) is 9.97 Å². The van der Waals surface area contributed by atoms with E-state index in [9.17, 15) is 4.39 Å². The average molecular weight is 155 g/mol. The van der Waals surface area contributed by atoms with Crippen LogP contribution < -0.4 is 5.73 Å². The van der Waals surface area contributed by atoms with Crippen LogP contribution in [-0.2, 0) is 6.42 Å². The Bertz CT molecular complexity index is 249. The highest BCUT2D eigenvalue weighted by Crippen LogP contribution is 2.10. The van der Waals surface area contributed by atoms with Crippen LogP contribution in [0.3, 0.4) is 0 Å². The number of rotatable bonds is 1. The molecule has 1 aromatic rings. The molecule has 0 aliphatic rings. The first kappa shape index (κ1) is 7.91. The first-order valence-corrected chi connectivity index (χ1v) is 3.43. The fourth-order valence-corrected chi connectivity index (χ4v) is 0.983. The van der Waals surface area contributed by atoms with Crippen LogP contribution in [0.15, 0.2) is 0 Å². The zero-order chi connectivity index (χ0) is 8.43. The third-order valence-electron chi connectivity index (χ3n) is 1.53. The summed E-state index contributed by atoms with van der Waals surface area (Å²) < 4.78 is 12.9. The lowest BCUT2D eigenvalue weighted by molar-refractivity contribution is 0.563. The third kappa shape index (κ3) is 1.45. The highest BCUT2D eigenvalue weighted by molar-refractivity contribution is 5.25. The van der Waals surface area contributed by atoms with E-state index in [1.807, 2.05) is 6.92 Å². The number of nitrogen functional groups attached to an aromatic ring is 1. The number of aromatic nitrogens is 2. The number of anilines is 1. The lowest BCUT2D eigenvalue weighted by Gasteiger charge is -2.02. The van der Waals surface area contributed by atoms with Gasteiger partial charge in [-0.2, -0.15) is 9.37 Å². The van der Waals surface area contributed by atoms with Crippen LogP contribution in [0.25, 0.3) is 0 Å². The van der Waals surface area contributed by atoms with Gasteiger partial charge >= 0.3 is 0 Å². The quantitative estimate of drug-likeness (QED) is 0.617. The van der Waals surface area contributed by atoms with Gasteiger partial charge in [0.05, 0.1) is 0 Å². The smallest absolute Gasteiger partial charge is 0.222 e. The molecule has 0 amide bonds. The Kier molecular flexibility index (Phi) is 2.03. The summed E-state index contributed by atoms with van der Waals surface area (Å²) in [4.78, 5) is 7.24. The number of hydrogen-bond donors (Lipinski definition) is 1. The van der Waals surface area contributed by atoms with Crippen LogP contribution in [0.5, 0.6) is 0 Å². The maximum Gasteiger partial charge on any atom is 0.222 e. The maximum atomic E-state index is 12.9. The number of aryl methyl sites for hydroxylation is 1. The van der Waals surface area contributed by atoms with Gasteiger partial charge in [0.15, 0.2) is 0 Å². The number of nitrogens with zero attached hydrogens (tertiary/aromatic N) is 2. The monoisotopic (exact) mass is 155 g/mol. The van der Waals surface area contributed by atoms with E-state index in [-0.39, 0.29) is 5.95 Å². The van der Waals surface area contributed by atoms with E-state index in [1.54, 1.807) is 6.92 Å². The van der Waals surface area contributed by atoms with Crippen molar-refractivity contribution in [3.63, 3.8) is 0 Å². The molecule has 1 aromatic heterocycles. The molecule has 1 rings (SSSR count). The van der Waals surface area contributed by atoms with E-state index in [1.165, 1.54) is 0 Å². The molecule has 0 spiro atoms. The van der Waals surface area contributed by atoms with E-state index in [0.717, 1.165) is 0 Å². The Morgan fingerprint density at radius 2 is 2.09 bits per heavy atom. The predicted octanol–water partition coefficient (Wildman–Crippen LogP) is 1.07. The Labute approximate surface area is 64.5 Å². The van der Waals surface area contributed by atoms with Crippen LogP contribution in [0.1, 0.15) is 18.2 Å². The molecule has 0 atom stereocenters. The van der Waals surface area contributed by atoms with Crippen LogP contribution in [0.4, 0.5) is 10.3 Å². The summed E-state index contributed by atoms with van der Waals surface area (Å²) in [7, 11) is 0. The van der Waals surface area contributed by atoms with Gasteiger partial charge in [-0.15, -0.1) is 0 Å².